The van der Waals surface area contributed by atoms with Crippen LogP contribution in [0.3, 0.4) is 0 Å². The van der Waals surface area contributed by atoms with Gasteiger partial charge < -0.3 is 5.32 Å². The predicted molar refractivity (Wildman–Crippen MR) is 70.8 cm³/mol. The smallest absolute Gasteiger partial charge is 0.170 e. The van der Waals surface area contributed by atoms with E-state index in [-0.39, 0.29) is 0 Å². The largest absolute Gasteiger partial charge is 0.307 e. The second-order valence-electron chi connectivity index (χ2n) is 4.36. The Bertz CT molecular complexity index is 535. The van der Waals surface area contributed by atoms with E-state index in [0.29, 0.717) is 6.04 Å². The first kappa shape index (κ1) is 11.7. The van der Waals surface area contributed by atoms with Crippen molar-refractivity contribution in [2.45, 2.75) is 30.3 Å². The lowest BCUT2D eigenvalue weighted by atomic mass is 10.3. The quantitative estimate of drug-likeness (QED) is 0.829. The van der Waals surface area contributed by atoms with E-state index in [9.17, 15) is 0 Å². The van der Waals surface area contributed by atoms with Crippen LogP contribution in [0.1, 0.15) is 18.7 Å². The molecule has 0 radical (unpaired) electrons. The number of nitrogens with zero attached hydrogens (tertiary/aromatic N) is 4. The van der Waals surface area contributed by atoms with Crippen LogP contribution < -0.4 is 5.32 Å². The van der Waals surface area contributed by atoms with Crippen LogP contribution in [0.4, 0.5) is 0 Å². The molecule has 2 aromatic rings. The topological polar surface area (TPSA) is 55.6 Å². The summed E-state index contributed by atoms with van der Waals surface area (Å²) in [5.74, 6) is 0.861. The number of hydrogen-bond acceptors (Lipinski definition) is 5. The van der Waals surface area contributed by atoms with Gasteiger partial charge in [0.25, 0.3) is 0 Å². The maximum Gasteiger partial charge on any atom is 0.170 e. The summed E-state index contributed by atoms with van der Waals surface area (Å²) in [7, 11) is 0. The third kappa shape index (κ3) is 2.54. The van der Waals surface area contributed by atoms with Gasteiger partial charge >= 0.3 is 0 Å². The third-order valence-corrected chi connectivity index (χ3v) is 3.68. The van der Waals surface area contributed by atoms with Crippen molar-refractivity contribution in [1.29, 1.82) is 0 Å². The van der Waals surface area contributed by atoms with Crippen LogP contribution in [0.15, 0.2) is 29.2 Å². The van der Waals surface area contributed by atoms with Gasteiger partial charge in [0.15, 0.2) is 5.82 Å². The van der Waals surface area contributed by atoms with Gasteiger partial charge in [0.05, 0.1) is 12.2 Å². The van der Waals surface area contributed by atoms with Crippen molar-refractivity contribution in [3.63, 3.8) is 0 Å². The first-order chi connectivity index (χ1) is 8.86. The lowest BCUT2D eigenvalue weighted by Gasteiger charge is -2.06. The molecular weight excluding hydrogens is 246 g/mol. The van der Waals surface area contributed by atoms with Gasteiger partial charge in [-0.3, -0.25) is 0 Å². The number of tetrazole rings is 1. The average Bonchev–Trinajstić information content (AvgIpc) is 3.13. The zero-order valence-electron chi connectivity index (χ0n) is 10.2. The fourth-order valence-electron chi connectivity index (χ4n) is 1.78. The fourth-order valence-corrected chi connectivity index (χ4v) is 2.24. The minimum atomic E-state index is 0.660. The number of hydrogen-bond donors (Lipinski definition) is 1. The molecule has 1 aromatic carbocycles. The molecule has 94 valence electrons. The molecule has 1 aliphatic carbocycles. The number of nitrogens with one attached hydrogen (secondary N) is 1. The van der Waals surface area contributed by atoms with Gasteiger partial charge in [-0.25, -0.2) is 0 Å². The average molecular weight is 261 g/mol. The molecule has 1 heterocycles. The lowest BCUT2D eigenvalue weighted by molar-refractivity contribution is 0.637. The van der Waals surface area contributed by atoms with E-state index < -0.39 is 0 Å². The normalized spacial score (nSPS) is 14.9. The van der Waals surface area contributed by atoms with Crippen LogP contribution in [0.25, 0.3) is 5.69 Å². The summed E-state index contributed by atoms with van der Waals surface area (Å²) >= 11 is 1.72. The highest BCUT2D eigenvalue weighted by molar-refractivity contribution is 7.98. The second kappa shape index (κ2) is 5.07. The first-order valence-electron chi connectivity index (χ1n) is 6.02. The lowest BCUT2D eigenvalue weighted by Crippen LogP contribution is -2.18. The van der Waals surface area contributed by atoms with Gasteiger partial charge in [0.1, 0.15) is 0 Å². The van der Waals surface area contributed by atoms with Crippen molar-refractivity contribution >= 4 is 11.8 Å². The molecule has 1 fully saturated rings. The summed E-state index contributed by atoms with van der Waals surface area (Å²) in [5, 5.41) is 15.3. The van der Waals surface area contributed by atoms with Crippen molar-refractivity contribution in [1.82, 2.24) is 25.5 Å². The SMILES string of the molecule is CSc1cccc(-n2nnnc2CNC2CC2)c1. The molecular formula is C12H15N5S. The van der Waals surface area contributed by atoms with Gasteiger partial charge in [-0.15, -0.1) is 16.9 Å². The Morgan fingerprint density at radius 2 is 2.33 bits per heavy atom. The Hall–Kier alpha value is -1.40. The Morgan fingerprint density at radius 3 is 3.11 bits per heavy atom. The highest BCUT2D eigenvalue weighted by Crippen LogP contribution is 2.20. The molecule has 0 spiro atoms. The van der Waals surface area contributed by atoms with Gasteiger partial charge in [-0.2, -0.15) is 4.68 Å². The second-order valence-corrected chi connectivity index (χ2v) is 5.24. The van der Waals surface area contributed by atoms with E-state index in [1.165, 1.54) is 17.7 Å². The molecule has 0 atom stereocenters. The van der Waals surface area contributed by atoms with E-state index in [1.54, 1.807) is 16.4 Å². The first-order valence-corrected chi connectivity index (χ1v) is 7.24. The standard InChI is InChI=1S/C12H15N5S/c1-18-11-4-2-3-10(7-11)17-12(14-15-16-17)8-13-9-5-6-9/h2-4,7,9,13H,5-6,8H2,1H3. The molecule has 1 aliphatic rings. The summed E-state index contributed by atoms with van der Waals surface area (Å²) in [4.78, 5) is 1.21. The zero-order valence-corrected chi connectivity index (χ0v) is 11.0. The molecule has 0 bridgehead atoms. The van der Waals surface area contributed by atoms with E-state index in [1.807, 2.05) is 12.1 Å². The predicted octanol–water partition coefficient (Wildman–Crippen LogP) is 1.64. The van der Waals surface area contributed by atoms with Crippen LogP contribution in [0, 0.1) is 0 Å². The van der Waals surface area contributed by atoms with E-state index in [0.717, 1.165) is 18.1 Å². The van der Waals surface area contributed by atoms with Crippen LogP contribution >= 0.6 is 11.8 Å². The summed E-state index contributed by atoms with van der Waals surface area (Å²) < 4.78 is 1.80. The molecule has 1 aromatic heterocycles. The maximum atomic E-state index is 4.08. The van der Waals surface area contributed by atoms with E-state index in [2.05, 4.69) is 39.2 Å². The van der Waals surface area contributed by atoms with Crippen molar-refractivity contribution in [2.75, 3.05) is 6.26 Å². The Labute approximate surface area is 110 Å². The molecule has 3 rings (SSSR count). The number of thioether (sulfide) groups is 1. The number of aromatic nitrogens is 4. The van der Waals surface area contributed by atoms with Gasteiger partial charge in [-0.1, -0.05) is 6.07 Å². The maximum absolute atomic E-state index is 4.08. The summed E-state index contributed by atoms with van der Waals surface area (Å²) in [6.45, 7) is 0.723. The number of benzene rings is 1. The summed E-state index contributed by atoms with van der Waals surface area (Å²) in [6.07, 6.45) is 4.60. The van der Waals surface area contributed by atoms with Crippen molar-refractivity contribution < 1.29 is 0 Å². The molecule has 18 heavy (non-hydrogen) atoms. The van der Waals surface area contributed by atoms with Gasteiger partial charge in [0, 0.05) is 10.9 Å². The Kier molecular flexibility index (Phi) is 3.29. The highest BCUT2D eigenvalue weighted by Gasteiger charge is 2.21. The minimum absolute atomic E-state index is 0.660. The molecule has 0 saturated heterocycles. The van der Waals surface area contributed by atoms with Crippen LogP contribution in [0.2, 0.25) is 0 Å². The van der Waals surface area contributed by atoms with Crippen molar-refractivity contribution in [3.8, 4) is 5.69 Å². The van der Waals surface area contributed by atoms with E-state index >= 15 is 0 Å². The third-order valence-electron chi connectivity index (χ3n) is 2.96. The van der Waals surface area contributed by atoms with Crippen LogP contribution in [-0.2, 0) is 6.54 Å². The van der Waals surface area contributed by atoms with Gasteiger partial charge in [0.2, 0.25) is 0 Å². The zero-order chi connectivity index (χ0) is 12.4. The van der Waals surface area contributed by atoms with Crippen molar-refractivity contribution in [2.24, 2.45) is 0 Å². The molecule has 5 nitrogen and oxygen atoms in total. The molecule has 6 heteroatoms. The molecule has 1 saturated carbocycles. The van der Waals surface area contributed by atoms with Gasteiger partial charge in [-0.05, 0) is 47.7 Å². The summed E-state index contributed by atoms with van der Waals surface area (Å²) in [6, 6.07) is 8.90. The summed E-state index contributed by atoms with van der Waals surface area (Å²) in [5.41, 5.74) is 1.01. The Balaban J connectivity index is 1.83. The molecule has 0 aliphatic heterocycles. The molecule has 1 N–H and O–H groups in total. The van der Waals surface area contributed by atoms with E-state index in [4.69, 9.17) is 0 Å². The van der Waals surface area contributed by atoms with Crippen molar-refractivity contribution in [3.05, 3.63) is 30.1 Å². The van der Waals surface area contributed by atoms with Crippen LogP contribution in [0.5, 0.6) is 0 Å². The fraction of sp³-hybridized carbons (Fsp3) is 0.417. The van der Waals surface area contributed by atoms with Crippen LogP contribution in [-0.4, -0.2) is 32.5 Å². The number of rotatable bonds is 5. The Morgan fingerprint density at radius 1 is 1.44 bits per heavy atom. The minimum Gasteiger partial charge on any atom is -0.307 e. The molecule has 0 unspecified atom stereocenters. The highest BCUT2D eigenvalue weighted by atomic mass is 32.2. The molecule has 0 amide bonds. The monoisotopic (exact) mass is 261 g/mol.